The summed E-state index contributed by atoms with van der Waals surface area (Å²) in [6.45, 7) is 0. The van der Waals surface area contributed by atoms with Crippen molar-refractivity contribution in [2.75, 3.05) is 11.5 Å². The molecule has 0 N–H and O–H groups in total. The van der Waals surface area contributed by atoms with Gasteiger partial charge in [-0.25, -0.2) is 0 Å². The molecule has 0 radical (unpaired) electrons. The minimum atomic E-state index is -6.19. The molecule has 0 spiro atoms. The van der Waals surface area contributed by atoms with Crippen LogP contribution in [0.15, 0.2) is 0 Å². The van der Waals surface area contributed by atoms with E-state index in [2.05, 4.69) is 0 Å². The van der Waals surface area contributed by atoms with Crippen LogP contribution in [-0.4, -0.2) is 28.9 Å². The number of halogens is 7. The monoisotopic (exact) mass is 257 g/mol. The van der Waals surface area contributed by atoms with E-state index in [0.717, 1.165) is 0 Å². The van der Waals surface area contributed by atoms with Crippen LogP contribution in [0, 0.1) is 0 Å². The molecule has 0 aromatic rings. The maximum atomic E-state index is 12.9. The van der Waals surface area contributed by atoms with Gasteiger partial charge in [-0.3, -0.25) is 0 Å². The highest BCUT2D eigenvalue weighted by Gasteiger charge is 2.81. The van der Waals surface area contributed by atoms with E-state index in [9.17, 15) is 30.7 Å². The van der Waals surface area contributed by atoms with E-state index in [1.807, 2.05) is 0 Å². The molecule has 8 heteroatoms. The van der Waals surface area contributed by atoms with E-state index >= 15 is 0 Å². The van der Waals surface area contributed by atoms with Crippen LogP contribution in [0.4, 0.5) is 30.7 Å². The zero-order valence-corrected chi connectivity index (χ0v) is 8.20. The van der Waals surface area contributed by atoms with Crippen LogP contribution in [0.1, 0.15) is 12.8 Å². The molecule has 0 atom stereocenters. The van der Waals surface area contributed by atoms with Gasteiger partial charge in [-0.05, 0) is 12.8 Å². The van der Waals surface area contributed by atoms with Gasteiger partial charge < -0.3 is 0 Å². The van der Waals surface area contributed by atoms with Crippen molar-refractivity contribution in [2.24, 2.45) is 0 Å². The minimum absolute atomic E-state index is 0.251. The highest BCUT2D eigenvalue weighted by Crippen LogP contribution is 2.51. The molecule has 0 aromatic heterocycles. The zero-order valence-electron chi connectivity index (χ0n) is 7.38. The first-order valence-electron chi connectivity index (χ1n) is 4.10. The molecule has 1 saturated heterocycles. The molecule has 0 aromatic carbocycles. The zero-order chi connectivity index (χ0) is 11.9. The van der Waals surface area contributed by atoms with Gasteiger partial charge in [0.05, 0.1) is 10.9 Å². The first kappa shape index (κ1) is 12.9. The van der Waals surface area contributed by atoms with Crippen LogP contribution in [0.2, 0.25) is 0 Å². The Kier molecular flexibility index (Phi) is 3.20. The molecule has 0 bridgehead atoms. The minimum Gasteiger partial charge on any atom is -0.184 e. The van der Waals surface area contributed by atoms with Crippen LogP contribution < -0.4 is 0 Å². The van der Waals surface area contributed by atoms with Gasteiger partial charge in [-0.1, -0.05) is 0 Å². The summed E-state index contributed by atoms with van der Waals surface area (Å²) in [5, 5.41) is -4.97. The maximum absolute atomic E-state index is 12.9. The van der Waals surface area contributed by atoms with Gasteiger partial charge in [-0.15, -0.1) is 8.78 Å². The van der Waals surface area contributed by atoms with Crippen molar-refractivity contribution in [1.82, 2.24) is 0 Å². The van der Waals surface area contributed by atoms with E-state index in [0.29, 0.717) is 0 Å². The van der Waals surface area contributed by atoms with E-state index in [1.165, 1.54) is 0 Å². The Morgan fingerprint density at radius 1 is 0.733 bits per heavy atom. The number of hydrogen-bond donors (Lipinski definition) is 0. The Morgan fingerprint density at radius 2 is 1.13 bits per heavy atom. The first-order chi connectivity index (χ1) is 6.61. The van der Waals surface area contributed by atoms with Gasteiger partial charge in [-0.2, -0.15) is 22.0 Å². The third kappa shape index (κ3) is 2.05. The molecule has 1 heterocycles. The van der Waals surface area contributed by atoms with Crippen molar-refractivity contribution in [2.45, 2.75) is 30.2 Å². The largest absolute Gasteiger partial charge is 0.483 e. The Morgan fingerprint density at radius 3 is 1.47 bits per heavy atom. The SMILES string of the molecule is FC(F)(F)C(F)(F)C(F)(F)[S+]1CCCC1. The van der Waals surface area contributed by atoms with Crippen molar-refractivity contribution in [3.63, 3.8) is 0 Å². The van der Waals surface area contributed by atoms with Gasteiger partial charge in [0.15, 0.2) is 0 Å². The Balaban J connectivity index is 2.92. The second-order valence-electron chi connectivity index (χ2n) is 3.20. The smallest absolute Gasteiger partial charge is 0.184 e. The lowest BCUT2D eigenvalue weighted by Crippen LogP contribution is -2.56. The predicted molar refractivity (Wildman–Crippen MR) is 42.3 cm³/mol. The fourth-order valence-electron chi connectivity index (χ4n) is 1.26. The van der Waals surface area contributed by atoms with E-state index in [-0.39, 0.29) is 24.3 Å². The van der Waals surface area contributed by atoms with Gasteiger partial charge in [0.25, 0.3) is 0 Å². The molecule has 1 rings (SSSR count). The van der Waals surface area contributed by atoms with Crippen LogP contribution in [0.3, 0.4) is 0 Å². The lowest BCUT2D eigenvalue weighted by atomic mass is 10.3. The molecule has 1 fully saturated rings. The summed E-state index contributed by atoms with van der Waals surface area (Å²) in [5.41, 5.74) is 0. The molecule has 0 unspecified atom stereocenters. The number of hydrogen-bond acceptors (Lipinski definition) is 0. The lowest BCUT2D eigenvalue weighted by molar-refractivity contribution is -0.331. The fourth-order valence-corrected chi connectivity index (χ4v) is 3.56. The first-order valence-corrected chi connectivity index (χ1v) is 5.67. The summed E-state index contributed by atoms with van der Waals surface area (Å²) in [4.78, 5) is 0. The Hall–Kier alpha value is -0.140. The topological polar surface area (TPSA) is 0 Å². The normalized spacial score (nSPS) is 21.0. The van der Waals surface area contributed by atoms with Crippen LogP contribution in [0.25, 0.3) is 0 Å². The number of rotatable bonds is 2. The number of alkyl halides is 7. The summed E-state index contributed by atoms with van der Waals surface area (Å²) >= 11 is 0. The predicted octanol–water partition coefficient (Wildman–Crippen LogP) is 3.19. The molecule has 0 saturated carbocycles. The maximum Gasteiger partial charge on any atom is 0.483 e. The third-order valence-corrected chi connectivity index (χ3v) is 4.66. The van der Waals surface area contributed by atoms with Gasteiger partial charge in [0, 0.05) is 0 Å². The summed E-state index contributed by atoms with van der Waals surface area (Å²) in [6, 6.07) is 0. The average molecular weight is 257 g/mol. The Bertz CT molecular complexity index is 228. The van der Waals surface area contributed by atoms with Gasteiger partial charge in [0.2, 0.25) is 0 Å². The van der Waals surface area contributed by atoms with Crippen molar-refractivity contribution in [3.8, 4) is 0 Å². The van der Waals surface area contributed by atoms with Crippen LogP contribution in [0.5, 0.6) is 0 Å². The summed E-state index contributed by atoms with van der Waals surface area (Å²) in [5.74, 6) is -6.43. The molecular weight excluding hydrogens is 249 g/mol. The Labute approximate surface area is 84.2 Å². The third-order valence-electron chi connectivity index (χ3n) is 2.12. The summed E-state index contributed by atoms with van der Waals surface area (Å²) in [6.07, 6.45) is -5.62. The molecule has 1 aliphatic heterocycles. The molecule has 0 amide bonds. The van der Waals surface area contributed by atoms with Gasteiger partial charge in [0.1, 0.15) is 11.5 Å². The molecular formula is C7H8F7S+. The highest BCUT2D eigenvalue weighted by molar-refractivity contribution is 7.98. The van der Waals surface area contributed by atoms with Crippen molar-refractivity contribution in [3.05, 3.63) is 0 Å². The quantitative estimate of drug-likeness (QED) is 0.526. The fraction of sp³-hybridized carbons (Fsp3) is 1.00. The summed E-state index contributed by atoms with van der Waals surface area (Å²) in [7, 11) is -2.16. The van der Waals surface area contributed by atoms with Crippen LogP contribution >= 0.6 is 0 Å². The molecule has 0 nitrogen and oxygen atoms in total. The lowest BCUT2D eigenvalue weighted by Gasteiger charge is -2.25. The van der Waals surface area contributed by atoms with E-state index < -0.39 is 28.2 Å². The second kappa shape index (κ2) is 3.71. The summed E-state index contributed by atoms with van der Waals surface area (Å²) < 4.78 is 86.1. The van der Waals surface area contributed by atoms with E-state index in [4.69, 9.17) is 0 Å². The molecule has 1 aliphatic rings. The van der Waals surface area contributed by atoms with Crippen LogP contribution in [-0.2, 0) is 10.9 Å². The molecule has 90 valence electrons. The highest BCUT2D eigenvalue weighted by atomic mass is 32.2. The second-order valence-corrected chi connectivity index (χ2v) is 5.51. The average Bonchev–Trinajstić information content (AvgIpc) is 2.53. The van der Waals surface area contributed by atoms with Gasteiger partial charge >= 0.3 is 17.4 Å². The standard InChI is InChI=1S/C7H8F7S/c8-5(9,6(10,11)12)7(13,14)15-3-1-2-4-15/h1-4H2/q+1. The molecule has 15 heavy (non-hydrogen) atoms. The van der Waals surface area contributed by atoms with Crippen molar-refractivity contribution in [1.29, 1.82) is 0 Å². The molecule has 0 aliphatic carbocycles. The van der Waals surface area contributed by atoms with Crippen molar-refractivity contribution >= 4 is 10.9 Å². The van der Waals surface area contributed by atoms with Crippen molar-refractivity contribution < 1.29 is 30.7 Å². The van der Waals surface area contributed by atoms with E-state index in [1.54, 1.807) is 0 Å².